The highest BCUT2D eigenvalue weighted by atomic mass is 16.5. The molecule has 0 radical (unpaired) electrons. The summed E-state index contributed by atoms with van der Waals surface area (Å²) in [7, 11) is 1.78. The fourth-order valence-corrected chi connectivity index (χ4v) is 2.78. The molecule has 0 saturated carbocycles. The third kappa shape index (κ3) is 5.22. The molecule has 1 unspecified atom stereocenters. The first-order valence-electron chi connectivity index (χ1n) is 8.72. The molecule has 1 aliphatic rings. The van der Waals surface area contributed by atoms with Crippen LogP contribution in [0.2, 0.25) is 0 Å². The first kappa shape index (κ1) is 17.3. The first-order chi connectivity index (χ1) is 12.3. The van der Waals surface area contributed by atoms with Crippen LogP contribution >= 0.6 is 0 Å². The van der Waals surface area contributed by atoms with Gasteiger partial charge in [0.15, 0.2) is 5.96 Å². The molecule has 0 spiro atoms. The fourth-order valence-electron chi connectivity index (χ4n) is 2.78. The molecule has 1 aliphatic heterocycles. The van der Waals surface area contributed by atoms with E-state index in [1.807, 2.05) is 48.5 Å². The van der Waals surface area contributed by atoms with Crippen LogP contribution in [0.1, 0.15) is 18.4 Å². The highest BCUT2D eigenvalue weighted by molar-refractivity contribution is 5.79. The second-order valence-electron chi connectivity index (χ2n) is 5.96. The molecular weight excluding hydrogens is 314 g/mol. The minimum atomic E-state index is 0.284. The van der Waals surface area contributed by atoms with Crippen molar-refractivity contribution in [1.82, 2.24) is 10.6 Å². The lowest BCUT2D eigenvalue weighted by Crippen LogP contribution is -2.40. The van der Waals surface area contributed by atoms with E-state index < -0.39 is 0 Å². The van der Waals surface area contributed by atoms with Gasteiger partial charge in [0.05, 0.1) is 6.10 Å². The van der Waals surface area contributed by atoms with E-state index in [0.29, 0.717) is 6.54 Å². The fraction of sp³-hybridized carbons (Fsp3) is 0.350. The summed E-state index contributed by atoms with van der Waals surface area (Å²) in [5.41, 5.74) is 1.08. The minimum Gasteiger partial charge on any atom is -0.457 e. The maximum atomic E-state index is 6.00. The Morgan fingerprint density at radius 3 is 2.68 bits per heavy atom. The van der Waals surface area contributed by atoms with Gasteiger partial charge in [-0.3, -0.25) is 4.99 Å². The van der Waals surface area contributed by atoms with E-state index in [0.717, 1.165) is 49.0 Å². The number of hydrogen-bond acceptors (Lipinski definition) is 3. The SMILES string of the molecule is CN=C(NCc1ccccc1Oc1ccccc1)NCC1CCCO1. The van der Waals surface area contributed by atoms with Crippen LogP contribution in [0.4, 0.5) is 0 Å². The van der Waals surface area contributed by atoms with Crippen LogP contribution in [-0.4, -0.2) is 32.3 Å². The molecule has 2 N–H and O–H groups in total. The summed E-state index contributed by atoms with van der Waals surface area (Å²) >= 11 is 0. The predicted octanol–water partition coefficient (Wildman–Crippen LogP) is 3.32. The Labute approximate surface area is 149 Å². The van der Waals surface area contributed by atoms with Crippen LogP contribution in [0.5, 0.6) is 11.5 Å². The lowest BCUT2D eigenvalue weighted by atomic mass is 10.2. The van der Waals surface area contributed by atoms with Crippen molar-refractivity contribution in [1.29, 1.82) is 0 Å². The van der Waals surface area contributed by atoms with Crippen molar-refractivity contribution in [3.63, 3.8) is 0 Å². The zero-order chi connectivity index (χ0) is 17.3. The molecule has 1 heterocycles. The van der Waals surface area contributed by atoms with Gasteiger partial charge in [-0.15, -0.1) is 0 Å². The smallest absolute Gasteiger partial charge is 0.191 e. The summed E-state index contributed by atoms with van der Waals surface area (Å²) in [5.74, 6) is 2.44. The van der Waals surface area contributed by atoms with Crippen LogP contribution in [0, 0.1) is 0 Å². The van der Waals surface area contributed by atoms with E-state index in [1.54, 1.807) is 7.05 Å². The Morgan fingerprint density at radius 2 is 1.92 bits per heavy atom. The zero-order valence-corrected chi connectivity index (χ0v) is 14.6. The standard InChI is InChI=1S/C20H25N3O2/c1-21-20(23-15-18-11-7-13-24-18)22-14-16-8-5-6-12-19(16)25-17-9-3-2-4-10-17/h2-6,8-10,12,18H,7,11,13-15H2,1H3,(H2,21,22,23). The molecule has 1 fully saturated rings. The van der Waals surface area contributed by atoms with Gasteiger partial charge in [-0.05, 0) is 31.0 Å². The van der Waals surface area contributed by atoms with Gasteiger partial charge in [0, 0.05) is 32.3 Å². The molecule has 1 atom stereocenters. The average molecular weight is 339 g/mol. The minimum absolute atomic E-state index is 0.284. The highest BCUT2D eigenvalue weighted by Gasteiger charge is 2.15. The van der Waals surface area contributed by atoms with E-state index in [4.69, 9.17) is 9.47 Å². The Kier molecular flexibility index (Phi) is 6.29. The molecule has 1 saturated heterocycles. The molecule has 0 bridgehead atoms. The van der Waals surface area contributed by atoms with E-state index in [9.17, 15) is 0 Å². The summed E-state index contributed by atoms with van der Waals surface area (Å²) in [6.07, 6.45) is 2.53. The number of rotatable bonds is 6. The van der Waals surface area contributed by atoms with E-state index >= 15 is 0 Å². The van der Waals surface area contributed by atoms with Gasteiger partial charge >= 0.3 is 0 Å². The molecule has 3 rings (SSSR count). The predicted molar refractivity (Wildman–Crippen MR) is 100 cm³/mol. The second kappa shape index (κ2) is 9.08. The lowest BCUT2D eigenvalue weighted by molar-refractivity contribution is 0.114. The van der Waals surface area contributed by atoms with Crippen molar-refractivity contribution in [2.75, 3.05) is 20.2 Å². The number of aliphatic imine (C=N–C) groups is 1. The van der Waals surface area contributed by atoms with Crippen LogP contribution in [0.25, 0.3) is 0 Å². The number of guanidine groups is 1. The molecule has 5 nitrogen and oxygen atoms in total. The molecule has 0 aromatic heterocycles. The van der Waals surface area contributed by atoms with Crippen molar-refractivity contribution < 1.29 is 9.47 Å². The number of hydrogen-bond donors (Lipinski definition) is 2. The molecule has 2 aromatic carbocycles. The molecule has 2 aromatic rings. The quantitative estimate of drug-likeness (QED) is 0.626. The van der Waals surface area contributed by atoms with Crippen molar-refractivity contribution in [2.24, 2.45) is 4.99 Å². The van der Waals surface area contributed by atoms with E-state index in [2.05, 4.69) is 21.7 Å². The van der Waals surface area contributed by atoms with Crippen molar-refractivity contribution in [3.8, 4) is 11.5 Å². The van der Waals surface area contributed by atoms with Crippen molar-refractivity contribution in [2.45, 2.75) is 25.5 Å². The Morgan fingerprint density at radius 1 is 1.12 bits per heavy atom. The first-order valence-corrected chi connectivity index (χ1v) is 8.72. The van der Waals surface area contributed by atoms with Gasteiger partial charge in [-0.1, -0.05) is 36.4 Å². The number of nitrogens with zero attached hydrogens (tertiary/aromatic N) is 1. The summed E-state index contributed by atoms with van der Waals surface area (Å²) in [6, 6.07) is 17.8. The molecule has 5 heteroatoms. The molecular formula is C20H25N3O2. The Balaban J connectivity index is 1.56. The lowest BCUT2D eigenvalue weighted by Gasteiger charge is -2.16. The summed E-state index contributed by atoms with van der Waals surface area (Å²) in [6.45, 7) is 2.28. The molecule has 0 amide bonds. The second-order valence-corrected chi connectivity index (χ2v) is 5.96. The van der Waals surface area contributed by atoms with E-state index in [1.165, 1.54) is 0 Å². The van der Waals surface area contributed by atoms with Crippen molar-refractivity contribution >= 4 is 5.96 Å². The maximum Gasteiger partial charge on any atom is 0.191 e. The van der Waals surface area contributed by atoms with Gasteiger partial charge in [-0.2, -0.15) is 0 Å². The monoisotopic (exact) mass is 339 g/mol. The normalized spacial score (nSPS) is 17.3. The highest BCUT2D eigenvalue weighted by Crippen LogP contribution is 2.24. The molecule has 0 aliphatic carbocycles. The Hall–Kier alpha value is -2.53. The van der Waals surface area contributed by atoms with Gasteiger partial charge in [0.2, 0.25) is 0 Å². The van der Waals surface area contributed by atoms with Crippen LogP contribution in [-0.2, 0) is 11.3 Å². The average Bonchev–Trinajstić information content (AvgIpc) is 3.17. The van der Waals surface area contributed by atoms with Gasteiger partial charge in [0.25, 0.3) is 0 Å². The third-order valence-corrected chi connectivity index (χ3v) is 4.13. The van der Waals surface area contributed by atoms with Crippen LogP contribution in [0.15, 0.2) is 59.6 Å². The van der Waals surface area contributed by atoms with E-state index in [-0.39, 0.29) is 6.10 Å². The van der Waals surface area contributed by atoms with Crippen LogP contribution in [0.3, 0.4) is 0 Å². The topological polar surface area (TPSA) is 54.9 Å². The zero-order valence-electron chi connectivity index (χ0n) is 14.6. The van der Waals surface area contributed by atoms with Gasteiger partial charge in [0.1, 0.15) is 11.5 Å². The third-order valence-electron chi connectivity index (χ3n) is 4.13. The number of para-hydroxylation sites is 2. The summed E-state index contributed by atoms with van der Waals surface area (Å²) in [5, 5.41) is 6.66. The maximum absolute atomic E-state index is 6.00. The summed E-state index contributed by atoms with van der Waals surface area (Å²) < 4.78 is 11.6. The number of benzene rings is 2. The van der Waals surface area contributed by atoms with Gasteiger partial charge < -0.3 is 20.1 Å². The largest absolute Gasteiger partial charge is 0.457 e. The van der Waals surface area contributed by atoms with Crippen LogP contribution < -0.4 is 15.4 Å². The van der Waals surface area contributed by atoms with Gasteiger partial charge in [-0.25, -0.2) is 0 Å². The molecule has 132 valence electrons. The number of ether oxygens (including phenoxy) is 2. The number of nitrogens with one attached hydrogen (secondary N) is 2. The Bertz CT molecular complexity index is 682. The molecule has 25 heavy (non-hydrogen) atoms. The summed E-state index contributed by atoms with van der Waals surface area (Å²) in [4.78, 5) is 4.28. The van der Waals surface area contributed by atoms with Crippen molar-refractivity contribution in [3.05, 3.63) is 60.2 Å².